The van der Waals surface area contributed by atoms with E-state index in [9.17, 15) is 4.79 Å². The Hall–Kier alpha value is -2.63. The van der Waals surface area contributed by atoms with Gasteiger partial charge in [-0.1, -0.05) is 18.2 Å². The molecule has 0 spiro atoms. The summed E-state index contributed by atoms with van der Waals surface area (Å²) in [7, 11) is 0. The lowest BCUT2D eigenvalue weighted by atomic mass is 9.96. The summed E-state index contributed by atoms with van der Waals surface area (Å²) in [5, 5.41) is 14.0. The van der Waals surface area contributed by atoms with Gasteiger partial charge in [-0.2, -0.15) is 5.10 Å². The summed E-state index contributed by atoms with van der Waals surface area (Å²) in [5.74, 6) is 1.48. The number of rotatable bonds is 5. The zero-order valence-corrected chi connectivity index (χ0v) is 13.1. The Morgan fingerprint density at radius 3 is 2.91 bits per heavy atom. The molecular formula is C17H20N4O2. The minimum Gasteiger partial charge on any atom is -0.492 e. The van der Waals surface area contributed by atoms with E-state index >= 15 is 0 Å². The van der Waals surface area contributed by atoms with Crippen molar-refractivity contribution in [1.29, 1.82) is 0 Å². The third kappa shape index (κ3) is 3.97. The smallest absolute Gasteiger partial charge is 0.226 e. The first-order chi connectivity index (χ1) is 11.2. The molecule has 2 heterocycles. The summed E-state index contributed by atoms with van der Waals surface area (Å²) >= 11 is 0. The van der Waals surface area contributed by atoms with Gasteiger partial charge in [-0.15, -0.1) is 5.10 Å². The number of nitrogens with one attached hydrogen (secondary N) is 2. The minimum absolute atomic E-state index is 0.0243. The van der Waals surface area contributed by atoms with Crippen LogP contribution in [-0.2, 0) is 11.2 Å². The van der Waals surface area contributed by atoms with Crippen LogP contribution in [0.15, 0.2) is 36.4 Å². The number of para-hydroxylation sites is 1. The number of hydrogen-bond acceptors (Lipinski definition) is 5. The van der Waals surface area contributed by atoms with Crippen molar-refractivity contribution in [3.8, 4) is 5.75 Å². The Morgan fingerprint density at radius 2 is 2.09 bits per heavy atom. The van der Waals surface area contributed by atoms with Crippen LogP contribution in [0.2, 0.25) is 0 Å². The summed E-state index contributed by atoms with van der Waals surface area (Å²) in [5.41, 5.74) is 1.97. The number of carbonyl (C=O) groups excluding carboxylic acids is 1. The number of hydrogen-bond donors (Lipinski definition) is 2. The predicted molar refractivity (Wildman–Crippen MR) is 87.4 cm³/mol. The quantitative estimate of drug-likeness (QED) is 0.820. The van der Waals surface area contributed by atoms with Gasteiger partial charge in [-0.3, -0.25) is 4.79 Å². The molecule has 1 amide bonds. The van der Waals surface area contributed by atoms with Gasteiger partial charge in [0.05, 0.1) is 11.6 Å². The fourth-order valence-electron chi connectivity index (χ4n) is 2.51. The molecule has 1 aromatic heterocycles. The molecule has 0 saturated carbocycles. The van der Waals surface area contributed by atoms with Gasteiger partial charge in [-0.25, -0.2) is 0 Å². The molecule has 1 aliphatic rings. The SMILES string of the molecule is Cc1ccc(NCCNC(=O)[C@@H]2COc3ccccc3C2)nn1. The van der Waals surface area contributed by atoms with Gasteiger partial charge in [0.1, 0.15) is 18.2 Å². The minimum atomic E-state index is -0.135. The number of nitrogens with zero attached hydrogens (tertiary/aromatic N) is 2. The van der Waals surface area contributed by atoms with E-state index in [1.165, 1.54) is 0 Å². The molecule has 3 rings (SSSR count). The summed E-state index contributed by atoms with van der Waals surface area (Å²) < 4.78 is 5.65. The molecule has 1 atom stereocenters. The van der Waals surface area contributed by atoms with Crippen LogP contribution in [0, 0.1) is 12.8 Å². The molecule has 6 heteroatoms. The van der Waals surface area contributed by atoms with Crippen LogP contribution in [-0.4, -0.2) is 35.8 Å². The summed E-state index contributed by atoms with van der Waals surface area (Å²) in [6, 6.07) is 11.6. The van der Waals surface area contributed by atoms with Crippen molar-refractivity contribution in [1.82, 2.24) is 15.5 Å². The first-order valence-electron chi connectivity index (χ1n) is 7.75. The molecule has 0 radical (unpaired) electrons. The van der Waals surface area contributed by atoms with Crippen molar-refractivity contribution in [2.75, 3.05) is 25.0 Å². The zero-order chi connectivity index (χ0) is 16.1. The molecular weight excluding hydrogens is 292 g/mol. The molecule has 120 valence electrons. The van der Waals surface area contributed by atoms with E-state index in [0.717, 1.165) is 23.4 Å². The van der Waals surface area contributed by atoms with Gasteiger partial charge in [0.25, 0.3) is 0 Å². The largest absolute Gasteiger partial charge is 0.492 e. The fourth-order valence-corrected chi connectivity index (χ4v) is 2.51. The molecule has 2 N–H and O–H groups in total. The van der Waals surface area contributed by atoms with E-state index in [-0.39, 0.29) is 11.8 Å². The molecule has 0 unspecified atom stereocenters. The first kappa shape index (κ1) is 15.3. The van der Waals surface area contributed by atoms with Crippen molar-refractivity contribution >= 4 is 11.7 Å². The molecule has 2 aromatic rings. The highest BCUT2D eigenvalue weighted by Gasteiger charge is 2.25. The van der Waals surface area contributed by atoms with Crippen LogP contribution in [0.25, 0.3) is 0 Å². The topological polar surface area (TPSA) is 76.1 Å². The first-order valence-corrected chi connectivity index (χ1v) is 7.75. The monoisotopic (exact) mass is 312 g/mol. The van der Waals surface area contributed by atoms with Crippen LogP contribution in [0.4, 0.5) is 5.82 Å². The van der Waals surface area contributed by atoms with Crippen LogP contribution in [0.1, 0.15) is 11.3 Å². The van der Waals surface area contributed by atoms with E-state index in [2.05, 4.69) is 20.8 Å². The van der Waals surface area contributed by atoms with Crippen LogP contribution in [0.5, 0.6) is 5.75 Å². The van der Waals surface area contributed by atoms with Crippen molar-refractivity contribution in [2.24, 2.45) is 5.92 Å². The maximum absolute atomic E-state index is 12.2. The highest BCUT2D eigenvalue weighted by molar-refractivity contribution is 5.79. The molecule has 1 aromatic carbocycles. The number of amides is 1. The van der Waals surface area contributed by atoms with Gasteiger partial charge in [-0.05, 0) is 37.1 Å². The number of aromatic nitrogens is 2. The molecule has 0 saturated heterocycles. The fraction of sp³-hybridized carbons (Fsp3) is 0.353. The number of aryl methyl sites for hydroxylation is 1. The maximum atomic E-state index is 12.2. The third-order valence-electron chi connectivity index (χ3n) is 3.78. The van der Waals surface area contributed by atoms with E-state index in [0.29, 0.717) is 25.5 Å². The Balaban J connectivity index is 1.42. The van der Waals surface area contributed by atoms with Crippen molar-refractivity contribution in [3.63, 3.8) is 0 Å². The van der Waals surface area contributed by atoms with Gasteiger partial charge in [0.2, 0.25) is 5.91 Å². The number of carbonyl (C=O) groups is 1. The van der Waals surface area contributed by atoms with Gasteiger partial charge in [0, 0.05) is 13.1 Å². The second kappa shape index (κ2) is 7.09. The average molecular weight is 312 g/mol. The van der Waals surface area contributed by atoms with Crippen LogP contribution in [0.3, 0.4) is 0 Å². The maximum Gasteiger partial charge on any atom is 0.226 e. The third-order valence-corrected chi connectivity index (χ3v) is 3.78. The second-order valence-electron chi connectivity index (χ2n) is 5.60. The summed E-state index contributed by atoms with van der Waals surface area (Å²) in [4.78, 5) is 12.2. The molecule has 6 nitrogen and oxygen atoms in total. The number of benzene rings is 1. The van der Waals surface area contributed by atoms with Crippen molar-refractivity contribution < 1.29 is 9.53 Å². The van der Waals surface area contributed by atoms with Gasteiger partial charge < -0.3 is 15.4 Å². The molecule has 0 fully saturated rings. The van der Waals surface area contributed by atoms with E-state index in [1.54, 1.807) is 0 Å². The summed E-state index contributed by atoms with van der Waals surface area (Å²) in [6.45, 7) is 3.46. The highest BCUT2D eigenvalue weighted by atomic mass is 16.5. The second-order valence-corrected chi connectivity index (χ2v) is 5.60. The molecule has 0 aliphatic carbocycles. The average Bonchev–Trinajstić information content (AvgIpc) is 2.59. The number of ether oxygens (including phenoxy) is 1. The van der Waals surface area contributed by atoms with E-state index in [4.69, 9.17) is 4.74 Å². The van der Waals surface area contributed by atoms with Crippen LogP contribution >= 0.6 is 0 Å². The Morgan fingerprint density at radius 1 is 1.22 bits per heavy atom. The van der Waals surface area contributed by atoms with Crippen molar-refractivity contribution in [3.05, 3.63) is 47.7 Å². The van der Waals surface area contributed by atoms with Gasteiger partial charge in [0.15, 0.2) is 0 Å². The molecule has 1 aliphatic heterocycles. The lowest BCUT2D eigenvalue weighted by Crippen LogP contribution is -2.39. The molecule has 0 bridgehead atoms. The highest BCUT2D eigenvalue weighted by Crippen LogP contribution is 2.26. The van der Waals surface area contributed by atoms with Gasteiger partial charge >= 0.3 is 0 Å². The Bertz CT molecular complexity index is 673. The van der Waals surface area contributed by atoms with E-state index < -0.39 is 0 Å². The Labute approximate surface area is 135 Å². The summed E-state index contributed by atoms with van der Waals surface area (Å²) in [6.07, 6.45) is 0.721. The number of anilines is 1. The predicted octanol–water partition coefficient (Wildman–Crippen LogP) is 1.56. The Kier molecular flexibility index (Phi) is 4.71. The van der Waals surface area contributed by atoms with Crippen LogP contribution < -0.4 is 15.4 Å². The normalized spacial score (nSPS) is 16.1. The lowest BCUT2D eigenvalue weighted by Gasteiger charge is -2.24. The lowest BCUT2D eigenvalue weighted by molar-refractivity contribution is -0.126. The number of fused-ring (bicyclic) bond motifs is 1. The van der Waals surface area contributed by atoms with Crippen molar-refractivity contribution in [2.45, 2.75) is 13.3 Å². The zero-order valence-electron chi connectivity index (χ0n) is 13.1. The molecule has 23 heavy (non-hydrogen) atoms. The standard InChI is InChI=1S/C17H20N4O2/c1-12-6-7-16(21-20-12)18-8-9-19-17(22)14-10-13-4-2-3-5-15(13)23-11-14/h2-7,14H,8-11H2,1H3,(H,18,21)(H,19,22)/t14-/m0/s1. The van der Waals surface area contributed by atoms with E-state index in [1.807, 2.05) is 43.3 Å².